The van der Waals surface area contributed by atoms with Crippen LogP contribution in [-0.4, -0.2) is 93.8 Å². The summed E-state index contributed by atoms with van der Waals surface area (Å²) in [6.07, 6.45) is -0.550. The zero-order valence-electron chi connectivity index (χ0n) is 20.5. The van der Waals surface area contributed by atoms with E-state index in [1.165, 1.54) is 0 Å². The Bertz CT molecular complexity index is 916. The van der Waals surface area contributed by atoms with Gasteiger partial charge in [-0.3, -0.25) is 0 Å². The summed E-state index contributed by atoms with van der Waals surface area (Å²) in [4.78, 5) is 15.4. The number of aliphatic hydroxyl groups is 4. The van der Waals surface area contributed by atoms with Crippen LogP contribution in [0, 0.1) is 0 Å². The fourth-order valence-corrected chi connectivity index (χ4v) is 5.26. The van der Waals surface area contributed by atoms with E-state index in [1.54, 1.807) is 18.2 Å². The third-order valence-electron chi connectivity index (χ3n) is 7.45. The standard InChI is InChI=1S/C26H37NO8/c1-14(2)4-5-15-10-16(25(32)33-19-11-17-7-8-18(12-19)27(17)3)6-9-20(15)34-26-24(31)23(30)22(29)21(13-28)35-26/h4,6,9-10,17-19,21-24,26,28-31H,5,7-8,11-13H2,1-3H3/t17-,18+,19?,21-,22-,23+,24-,26-/m1/s1. The van der Waals surface area contributed by atoms with Gasteiger partial charge in [0.1, 0.15) is 36.3 Å². The van der Waals surface area contributed by atoms with Gasteiger partial charge in [0.15, 0.2) is 0 Å². The van der Waals surface area contributed by atoms with Gasteiger partial charge in [0, 0.05) is 24.9 Å². The summed E-state index contributed by atoms with van der Waals surface area (Å²) in [6, 6.07) is 5.87. The lowest BCUT2D eigenvalue weighted by Gasteiger charge is -2.39. The van der Waals surface area contributed by atoms with E-state index in [0.717, 1.165) is 31.3 Å². The predicted molar refractivity (Wildman–Crippen MR) is 127 cm³/mol. The Hall–Kier alpha value is -2.01. The van der Waals surface area contributed by atoms with Gasteiger partial charge in [0.2, 0.25) is 6.29 Å². The maximum Gasteiger partial charge on any atom is 0.338 e. The molecule has 9 heteroatoms. The molecular weight excluding hydrogens is 454 g/mol. The zero-order valence-corrected chi connectivity index (χ0v) is 20.5. The number of carbonyl (C=O) groups excluding carboxylic acids is 1. The third kappa shape index (κ3) is 5.71. The average Bonchev–Trinajstić information content (AvgIpc) is 3.03. The molecule has 1 aromatic rings. The molecule has 3 aliphatic heterocycles. The van der Waals surface area contributed by atoms with Crippen LogP contribution in [0.25, 0.3) is 0 Å². The molecule has 3 heterocycles. The van der Waals surface area contributed by atoms with Crippen molar-refractivity contribution in [1.82, 2.24) is 4.90 Å². The lowest BCUT2D eigenvalue weighted by atomic mass is 9.99. The first-order valence-corrected chi connectivity index (χ1v) is 12.3. The van der Waals surface area contributed by atoms with E-state index in [-0.39, 0.29) is 12.1 Å². The summed E-state index contributed by atoms with van der Waals surface area (Å²) in [6.45, 7) is 3.38. The van der Waals surface area contributed by atoms with Gasteiger partial charge in [-0.1, -0.05) is 11.6 Å². The van der Waals surface area contributed by atoms with Gasteiger partial charge < -0.3 is 39.5 Å². The van der Waals surface area contributed by atoms with Crippen LogP contribution in [0.15, 0.2) is 29.8 Å². The van der Waals surface area contributed by atoms with Crippen LogP contribution in [0.1, 0.15) is 55.5 Å². The van der Waals surface area contributed by atoms with E-state index < -0.39 is 37.3 Å². The van der Waals surface area contributed by atoms with Crippen molar-refractivity contribution in [3.63, 3.8) is 0 Å². The highest BCUT2D eigenvalue weighted by molar-refractivity contribution is 5.90. The number of piperidine rings is 1. The number of carbonyl (C=O) groups is 1. The molecule has 0 radical (unpaired) electrons. The average molecular weight is 492 g/mol. The fourth-order valence-electron chi connectivity index (χ4n) is 5.26. The van der Waals surface area contributed by atoms with Crippen molar-refractivity contribution in [2.45, 2.75) is 94.8 Å². The number of fused-ring (bicyclic) bond motifs is 2. The van der Waals surface area contributed by atoms with Crippen molar-refractivity contribution in [1.29, 1.82) is 0 Å². The van der Waals surface area contributed by atoms with Gasteiger partial charge in [-0.15, -0.1) is 0 Å². The molecule has 2 bridgehead atoms. The van der Waals surface area contributed by atoms with E-state index in [4.69, 9.17) is 14.2 Å². The van der Waals surface area contributed by atoms with Crippen LogP contribution in [-0.2, 0) is 15.9 Å². The first-order valence-electron chi connectivity index (χ1n) is 12.3. The van der Waals surface area contributed by atoms with Crippen molar-refractivity contribution in [3.05, 3.63) is 41.0 Å². The van der Waals surface area contributed by atoms with E-state index in [0.29, 0.717) is 35.4 Å². The minimum atomic E-state index is -1.54. The first kappa shape index (κ1) is 26.1. The number of ether oxygens (including phenoxy) is 3. The summed E-state index contributed by atoms with van der Waals surface area (Å²) in [5, 5.41) is 39.9. The molecule has 0 aromatic heterocycles. The highest BCUT2D eigenvalue weighted by Crippen LogP contribution is 2.36. The lowest BCUT2D eigenvalue weighted by Crippen LogP contribution is -2.60. The van der Waals surface area contributed by atoms with Crippen molar-refractivity contribution >= 4 is 5.97 Å². The Labute approximate surface area is 205 Å². The number of rotatable bonds is 7. The van der Waals surface area contributed by atoms with E-state index in [9.17, 15) is 25.2 Å². The smallest absolute Gasteiger partial charge is 0.338 e. The molecule has 0 spiro atoms. The van der Waals surface area contributed by atoms with Crippen molar-refractivity contribution in [2.24, 2.45) is 0 Å². The quantitative estimate of drug-likeness (QED) is 0.328. The van der Waals surface area contributed by atoms with Crippen LogP contribution in [0.2, 0.25) is 0 Å². The molecule has 194 valence electrons. The van der Waals surface area contributed by atoms with E-state index in [2.05, 4.69) is 11.9 Å². The number of aliphatic hydroxyl groups excluding tert-OH is 4. The van der Waals surface area contributed by atoms with Gasteiger partial charge in [0.25, 0.3) is 0 Å². The number of nitrogens with zero attached hydrogens (tertiary/aromatic N) is 1. The van der Waals surface area contributed by atoms with E-state index in [1.807, 2.05) is 19.9 Å². The third-order valence-corrected chi connectivity index (χ3v) is 7.45. The van der Waals surface area contributed by atoms with Gasteiger partial charge in [-0.25, -0.2) is 4.79 Å². The summed E-state index contributed by atoms with van der Waals surface area (Å²) in [7, 11) is 2.14. The molecule has 0 aliphatic carbocycles. The second-order valence-electron chi connectivity index (χ2n) is 10.2. The van der Waals surface area contributed by atoms with E-state index >= 15 is 0 Å². The highest BCUT2D eigenvalue weighted by atomic mass is 16.7. The minimum Gasteiger partial charge on any atom is -0.462 e. The van der Waals surface area contributed by atoms with Crippen molar-refractivity contribution < 1.29 is 39.4 Å². The molecule has 0 saturated carbocycles. The van der Waals surface area contributed by atoms with Crippen LogP contribution < -0.4 is 4.74 Å². The van der Waals surface area contributed by atoms with Gasteiger partial charge >= 0.3 is 5.97 Å². The number of hydrogen-bond acceptors (Lipinski definition) is 9. The monoisotopic (exact) mass is 491 g/mol. The molecule has 3 saturated heterocycles. The summed E-state index contributed by atoms with van der Waals surface area (Å²) < 4.78 is 17.2. The van der Waals surface area contributed by atoms with Gasteiger partial charge in [-0.05, 0) is 63.9 Å². The van der Waals surface area contributed by atoms with Crippen molar-refractivity contribution in [2.75, 3.05) is 13.7 Å². The molecule has 9 nitrogen and oxygen atoms in total. The summed E-state index contributed by atoms with van der Waals surface area (Å²) in [5.41, 5.74) is 2.18. The van der Waals surface area contributed by atoms with Crippen LogP contribution in [0.4, 0.5) is 0 Å². The normalized spacial score (nSPS) is 34.9. The second-order valence-corrected chi connectivity index (χ2v) is 10.2. The zero-order chi connectivity index (χ0) is 25.3. The minimum absolute atomic E-state index is 0.0949. The predicted octanol–water partition coefficient (Wildman–Crippen LogP) is 1.16. The SMILES string of the molecule is CC(C)=CCc1cc(C(=O)OC2C[C@H]3CC[C@@H](C2)N3C)ccc1O[C@@H]1O[C@H](CO)[C@@H](O)[C@H](O)[C@H]1O. The number of allylic oxidation sites excluding steroid dienone is 2. The molecule has 3 fully saturated rings. The first-order chi connectivity index (χ1) is 16.7. The molecule has 4 rings (SSSR count). The number of benzene rings is 1. The van der Waals surface area contributed by atoms with Gasteiger partial charge in [-0.2, -0.15) is 0 Å². The van der Waals surface area contributed by atoms with Crippen LogP contribution in [0.3, 0.4) is 0 Å². The Morgan fingerprint density at radius 2 is 1.80 bits per heavy atom. The Morgan fingerprint density at radius 1 is 1.11 bits per heavy atom. The fraction of sp³-hybridized carbons (Fsp3) is 0.654. The summed E-state index contributed by atoms with van der Waals surface area (Å²) >= 11 is 0. The second kappa shape index (κ2) is 10.9. The van der Waals surface area contributed by atoms with Crippen molar-refractivity contribution in [3.8, 4) is 5.75 Å². The topological polar surface area (TPSA) is 129 Å². The molecule has 0 amide bonds. The maximum absolute atomic E-state index is 13.0. The molecule has 35 heavy (non-hydrogen) atoms. The Balaban J connectivity index is 1.50. The molecule has 1 unspecified atom stereocenters. The van der Waals surface area contributed by atoms with Crippen LogP contribution in [0.5, 0.6) is 5.75 Å². The lowest BCUT2D eigenvalue weighted by molar-refractivity contribution is -0.277. The number of esters is 1. The molecule has 4 N–H and O–H groups in total. The van der Waals surface area contributed by atoms with Gasteiger partial charge in [0.05, 0.1) is 12.2 Å². The Kier molecular flexibility index (Phi) is 8.15. The summed E-state index contributed by atoms with van der Waals surface area (Å²) in [5.74, 6) is -0.0162. The Morgan fingerprint density at radius 3 is 2.43 bits per heavy atom. The molecule has 1 aromatic carbocycles. The highest BCUT2D eigenvalue weighted by Gasteiger charge is 2.45. The molecular formula is C26H37NO8. The number of hydrogen-bond donors (Lipinski definition) is 4. The molecule has 8 atom stereocenters. The maximum atomic E-state index is 13.0. The largest absolute Gasteiger partial charge is 0.462 e. The molecule has 3 aliphatic rings. The van der Waals surface area contributed by atoms with Crippen LogP contribution >= 0.6 is 0 Å².